The Bertz CT molecular complexity index is 822. The van der Waals surface area contributed by atoms with Gasteiger partial charge in [-0.3, -0.25) is 0 Å². The zero-order valence-electron chi connectivity index (χ0n) is 22.3. The summed E-state index contributed by atoms with van der Waals surface area (Å²) in [5, 5.41) is 56.4. The maximum absolute atomic E-state index is 11.6. The molecule has 0 aliphatic rings. The van der Waals surface area contributed by atoms with Crippen LogP contribution < -0.4 is 173 Å². The molecule has 1 unspecified atom stereocenters. The number of carboxylic acids is 5. The largest absolute Gasteiger partial charge is 1.00 e. The van der Waals surface area contributed by atoms with E-state index >= 15 is 0 Å². The fourth-order valence-corrected chi connectivity index (χ4v) is 2.88. The van der Waals surface area contributed by atoms with Crippen LogP contribution in [0.1, 0.15) is 58.8 Å². The molecule has 0 fully saturated rings. The minimum atomic E-state index is -1.84. The first-order valence-corrected chi connectivity index (χ1v) is 9.62. The van der Waals surface area contributed by atoms with Gasteiger partial charge >= 0.3 is 148 Å². The molecule has 0 aliphatic heterocycles. The van der Waals surface area contributed by atoms with Gasteiger partial charge in [-0.2, -0.15) is 0 Å². The molecule has 0 bridgehead atoms. The number of rotatable bonds is 15. The monoisotopic (exact) mass is 550 g/mol. The number of carboxylic acid groups (broad SMARTS) is 5. The van der Waals surface area contributed by atoms with E-state index in [0.717, 1.165) is 6.08 Å². The number of carbonyl (C=O) groups is 5. The Hall–Kier alpha value is 1.57. The van der Waals surface area contributed by atoms with E-state index in [1.165, 1.54) is 6.08 Å². The van der Waals surface area contributed by atoms with Crippen LogP contribution in [0.2, 0.25) is 0 Å². The van der Waals surface area contributed by atoms with E-state index in [1.54, 1.807) is 13.8 Å². The van der Waals surface area contributed by atoms with E-state index in [1.807, 2.05) is 0 Å². The van der Waals surface area contributed by atoms with Crippen LogP contribution in [0.3, 0.4) is 0 Å². The molecule has 0 radical (unpaired) electrons. The van der Waals surface area contributed by atoms with Crippen LogP contribution in [0.4, 0.5) is 0 Å². The van der Waals surface area contributed by atoms with Crippen molar-refractivity contribution in [2.24, 2.45) is 5.92 Å². The molecule has 0 N–H and O–H groups in total. The molecule has 172 valence electrons. The number of aliphatic carboxylic acids is 5. The Morgan fingerprint density at radius 3 is 1.42 bits per heavy atom. The number of hydrogen-bond acceptors (Lipinski definition) is 10. The molecule has 0 aromatic carbocycles. The van der Waals surface area contributed by atoms with Crippen molar-refractivity contribution < 1.29 is 197 Å². The summed E-state index contributed by atoms with van der Waals surface area (Å²) in [6, 6.07) is 0. The van der Waals surface area contributed by atoms with E-state index in [9.17, 15) is 49.5 Å². The molecule has 0 aliphatic carbocycles. The minimum Gasteiger partial charge on any atom is -0.550 e. The molecule has 0 rings (SSSR count). The first-order chi connectivity index (χ1) is 14.5. The van der Waals surface area contributed by atoms with E-state index in [2.05, 4.69) is 0 Å². The van der Waals surface area contributed by atoms with Gasteiger partial charge in [0.25, 0.3) is 0 Å². The van der Waals surface area contributed by atoms with Crippen molar-refractivity contribution in [3.05, 3.63) is 34.4 Å². The normalized spacial score (nSPS) is 11.9. The first-order valence-electron chi connectivity index (χ1n) is 9.62. The van der Waals surface area contributed by atoms with Crippen LogP contribution in [0.25, 0.3) is 0 Å². The average Bonchev–Trinajstić information content (AvgIpc) is 2.66. The van der Waals surface area contributed by atoms with Gasteiger partial charge in [-0.05, 0) is 61.2 Å². The Morgan fingerprint density at radius 1 is 0.639 bits per heavy atom. The van der Waals surface area contributed by atoms with E-state index in [-0.39, 0.29) is 161 Å². The topological polar surface area (TPSA) is 201 Å². The van der Waals surface area contributed by atoms with E-state index < -0.39 is 83.7 Å². The molecule has 0 aromatic heterocycles. The Balaban J connectivity index is -0.000000450. The third kappa shape index (κ3) is 20.5. The third-order valence-electron chi connectivity index (χ3n) is 4.54. The second-order valence-corrected chi connectivity index (χ2v) is 6.72. The fourth-order valence-electron chi connectivity index (χ4n) is 2.88. The maximum atomic E-state index is 11.6. The smallest absolute Gasteiger partial charge is 0.550 e. The van der Waals surface area contributed by atoms with Gasteiger partial charge in [-0.1, -0.05) is 32.4 Å². The Kier molecular flexibility index (Phi) is 39.4. The fraction of sp³-hybridized carbons (Fsp3) is 0.476. The first kappa shape index (κ1) is 50.4. The van der Waals surface area contributed by atoms with Gasteiger partial charge < -0.3 is 49.5 Å². The standard InChI is InChI=1S/C21H28O10.5Na/c1-3-5-7-13(18(24)25)15(20(28)29)10-12(4-2)11-16(21(30)31)14(19(26)27)8-6-9-17(22)23;;;;;/h5,7,12H,3-4,6,8-11H2,1-2H3,(H,22,23)(H,24,25)(H,26,27)(H,28,29)(H,30,31);;;;;/q;5*+1/p-5/b7-5+,15-13-,16-14-;;;;;. The predicted molar refractivity (Wildman–Crippen MR) is 95.4 cm³/mol. The summed E-state index contributed by atoms with van der Waals surface area (Å²) in [6.07, 6.45) is 0.932. The summed E-state index contributed by atoms with van der Waals surface area (Å²) in [7, 11) is 0. The van der Waals surface area contributed by atoms with Crippen molar-refractivity contribution in [1.82, 2.24) is 0 Å². The van der Waals surface area contributed by atoms with Gasteiger partial charge in [-0.25, -0.2) is 0 Å². The van der Waals surface area contributed by atoms with Crippen LogP contribution >= 0.6 is 0 Å². The quantitative estimate of drug-likeness (QED) is 0.107. The van der Waals surface area contributed by atoms with Gasteiger partial charge in [0.05, 0.1) is 23.9 Å². The van der Waals surface area contributed by atoms with Crippen LogP contribution in [-0.2, 0) is 24.0 Å². The Morgan fingerprint density at radius 2 is 1.08 bits per heavy atom. The van der Waals surface area contributed by atoms with Crippen molar-refractivity contribution in [2.45, 2.75) is 58.8 Å². The molecule has 0 saturated heterocycles. The molecule has 10 nitrogen and oxygen atoms in total. The van der Waals surface area contributed by atoms with Crippen molar-refractivity contribution in [3.63, 3.8) is 0 Å². The number of hydrogen-bond donors (Lipinski definition) is 0. The van der Waals surface area contributed by atoms with Gasteiger partial charge in [0, 0.05) is 11.5 Å². The molecule has 0 aromatic rings. The summed E-state index contributed by atoms with van der Waals surface area (Å²) in [5.41, 5.74) is -2.61. The van der Waals surface area contributed by atoms with Gasteiger partial charge in [0.1, 0.15) is 0 Å². The SMILES string of the molecule is CC/C=C/C(C(=O)[O-])=C(\CC(CC)C/C(C(=O)[O-])=C(\CCCC(=O)[O-])C(=O)[O-])C(=O)[O-].[Na+].[Na+].[Na+].[Na+].[Na+]. The number of allylic oxidation sites excluding steroid dienone is 1. The van der Waals surface area contributed by atoms with E-state index in [4.69, 9.17) is 0 Å². The summed E-state index contributed by atoms with van der Waals surface area (Å²) in [5.74, 6) is -9.46. The van der Waals surface area contributed by atoms with Crippen molar-refractivity contribution in [2.75, 3.05) is 0 Å². The zero-order chi connectivity index (χ0) is 24.1. The maximum Gasteiger partial charge on any atom is 1.00 e. The van der Waals surface area contributed by atoms with Crippen molar-refractivity contribution in [3.8, 4) is 0 Å². The van der Waals surface area contributed by atoms with Gasteiger partial charge in [0.2, 0.25) is 0 Å². The second kappa shape index (κ2) is 28.1. The second-order valence-electron chi connectivity index (χ2n) is 6.72. The predicted octanol–water partition coefficient (Wildman–Crippen LogP) is -18.7. The van der Waals surface area contributed by atoms with Crippen molar-refractivity contribution >= 4 is 29.8 Å². The minimum absolute atomic E-state index is 0. The molecule has 15 heteroatoms. The molecule has 1 atom stereocenters. The average molecular weight is 550 g/mol. The Labute approximate surface area is 321 Å². The van der Waals surface area contributed by atoms with Crippen molar-refractivity contribution in [1.29, 1.82) is 0 Å². The molecule has 36 heavy (non-hydrogen) atoms. The molecule has 0 saturated carbocycles. The molecule has 0 amide bonds. The molecule has 0 spiro atoms. The summed E-state index contributed by atoms with van der Waals surface area (Å²) >= 11 is 0. The van der Waals surface area contributed by atoms with Crippen LogP contribution in [0, 0.1) is 5.92 Å². The number of carbonyl (C=O) groups excluding carboxylic acids is 5. The summed E-state index contributed by atoms with van der Waals surface area (Å²) in [4.78, 5) is 56.4. The van der Waals surface area contributed by atoms with Gasteiger partial charge in [-0.15, -0.1) is 0 Å². The molecular formula is C21H23Na5O10. The molecule has 0 heterocycles. The summed E-state index contributed by atoms with van der Waals surface area (Å²) < 4.78 is 0. The van der Waals surface area contributed by atoms with Gasteiger partial charge in [0.15, 0.2) is 0 Å². The zero-order valence-corrected chi connectivity index (χ0v) is 32.3. The third-order valence-corrected chi connectivity index (χ3v) is 4.54. The molecular weight excluding hydrogens is 527 g/mol. The van der Waals surface area contributed by atoms with E-state index in [0.29, 0.717) is 6.42 Å². The van der Waals surface area contributed by atoms with Crippen LogP contribution in [-0.4, -0.2) is 29.8 Å². The summed E-state index contributed by atoms with van der Waals surface area (Å²) in [6.45, 7) is 3.26. The van der Waals surface area contributed by atoms with Crippen LogP contribution in [0.15, 0.2) is 34.4 Å². The van der Waals surface area contributed by atoms with Crippen LogP contribution in [0.5, 0.6) is 0 Å².